The van der Waals surface area contributed by atoms with Crippen molar-refractivity contribution in [3.8, 4) is 5.75 Å². The highest BCUT2D eigenvalue weighted by atomic mass is 35.5. The number of aliphatic hydroxyl groups is 1. The Hall–Kier alpha value is -2.13. The molecule has 1 aromatic carbocycles. The number of piperidine rings is 1. The summed E-state index contributed by atoms with van der Waals surface area (Å²) in [4.78, 5) is 17.6. The van der Waals surface area contributed by atoms with Gasteiger partial charge in [0.25, 0.3) is 0 Å². The zero-order chi connectivity index (χ0) is 26.0. The van der Waals surface area contributed by atoms with E-state index in [2.05, 4.69) is 16.9 Å². The van der Waals surface area contributed by atoms with E-state index < -0.39 is 5.60 Å². The van der Waals surface area contributed by atoms with E-state index in [1.165, 1.54) is 5.56 Å². The predicted molar refractivity (Wildman–Crippen MR) is 140 cm³/mol. The molecule has 36 heavy (non-hydrogen) atoms. The van der Waals surface area contributed by atoms with Gasteiger partial charge in [-0.3, -0.25) is 14.4 Å². The molecule has 4 rings (SSSR count). The van der Waals surface area contributed by atoms with Crippen LogP contribution in [-0.4, -0.2) is 81.7 Å². The zero-order valence-electron chi connectivity index (χ0n) is 22.1. The molecule has 1 amide bonds. The third-order valence-electron chi connectivity index (χ3n) is 7.57. The first kappa shape index (κ1) is 26.9. The Labute approximate surface area is 219 Å². The van der Waals surface area contributed by atoms with E-state index in [4.69, 9.17) is 21.1 Å². The van der Waals surface area contributed by atoms with Crippen LogP contribution in [0.15, 0.2) is 12.1 Å². The van der Waals surface area contributed by atoms with E-state index in [0.717, 1.165) is 46.4 Å². The van der Waals surface area contributed by atoms with Crippen LogP contribution in [0.3, 0.4) is 0 Å². The average Bonchev–Trinajstić information content (AvgIpc) is 3.07. The molecular weight excluding hydrogens is 480 g/mol. The quantitative estimate of drug-likeness (QED) is 0.605. The molecule has 2 fully saturated rings. The first-order valence-electron chi connectivity index (χ1n) is 12.8. The van der Waals surface area contributed by atoms with Crippen molar-refractivity contribution in [1.82, 2.24) is 19.6 Å². The number of rotatable bonds is 7. The zero-order valence-corrected chi connectivity index (χ0v) is 22.9. The highest BCUT2D eigenvalue weighted by molar-refractivity contribution is 6.32. The lowest BCUT2D eigenvalue weighted by Crippen LogP contribution is -2.57. The van der Waals surface area contributed by atoms with Crippen LogP contribution < -0.4 is 4.74 Å². The van der Waals surface area contributed by atoms with Crippen LogP contribution >= 0.6 is 11.6 Å². The van der Waals surface area contributed by atoms with Crippen molar-refractivity contribution in [2.75, 3.05) is 39.4 Å². The molecule has 3 heterocycles. The van der Waals surface area contributed by atoms with Gasteiger partial charge in [-0.2, -0.15) is 5.10 Å². The van der Waals surface area contributed by atoms with Crippen LogP contribution in [0.5, 0.6) is 5.75 Å². The van der Waals surface area contributed by atoms with E-state index in [1.54, 1.807) is 0 Å². The van der Waals surface area contributed by atoms with Crippen molar-refractivity contribution in [2.24, 2.45) is 7.05 Å². The number of hydrogen-bond donors (Lipinski definition) is 1. The van der Waals surface area contributed by atoms with E-state index >= 15 is 0 Å². The SMILES string of the molecule is Cc1cc(OC[C@]2(CC(=O)N3CCC(O)CC3)CN(Cc3c(C)nn(C)c3C)CCO2)cc(C)c1Cl. The lowest BCUT2D eigenvalue weighted by atomic mass is 9.95. The second kappa shape index (κ2) is 11.1. The number of halogens is 1. The number of morpholine rings is 1. The molecule has 0 spiro atoms. The molecule has 0 unspecified atom stereocenters. The van der Waals surface area contributed by atoms with E-state index in [-0.39, 0.29) is 25.0 Å². The molecule has 1 N–H and O–H groups in total. The molecule has 198 valence electrons. The summed E-state index contributed by atoms with van der Waals surface area (Å²) in [6.45, 7) is 12.1. The number of carbonyl (C=O) groups is 1. The number of aliphatic hydroxyl groups excluding tert-OH is 1. The number of aryl methyl sites for hydroxylation is 4. The number of benzene rings is 1. The van der Waals surface area contributed by atoms with E-state index in [9.17, 15) is 9.90 Å². The maximum Gasteiger partial charge on any atom is 0.225 e. The summed E-state index contributed by atoms with van der Waals surface area (Å²) in [5.41, 5.74) is 4.52. The maximum absolute atomic E-state index is 13.4. The van der Waals surface area contributed by atoms with E-state index in [0.29, 0.717) is 39.1 Å². The van der Waals surface area contributed by atoms with Crippen molar-refractivity contribution >= 4 is 17.5 Å². The molecule has 0 radical (unpaired) electrons. The highest BCUT2D eigenvalue weighted by Crippen LogP contribution is 2.30. The molecule has 2 saturated heterocycles. The summed E-state index contributed by atoms with van der Waals surface area (Å²) in [6, 6.07) is 3.86. The fraction of sp³-hybridized carbons (Fsp3) is 0.630. The monoisotopic (exact) mass is 518 g/mol. The minimum Gasteiger partial charge on any atom is -0.490 e. The van der Waals surface area contributed by atoms with Gasteiger partial charge in [0.2, 0.25) is 5.91 Å². The normalized spacial score (nSPS) is 21.7. The van der Waals surface area contributed by atoms with E-state index in [1.807, 2.05) is 49.5 Å². The number of likely N-dealkylation sites (tertiary alicyclic amines) is 1. The number of carbonyl (C=O) groups excluding carboxylic acids is 1. The standard InChI is InChI=1S/C27H39ClN4O4/c1-18-12-23(13-19(2)26(18)28)35-17-27(14-25(34)32-8-6-22(33)7-9-32)16-31(10-11-36-27)15-24-20(3)29-30(5)21(24)4/h12-13,22,33H,6-11,14-17H2,1-5H3/t27-/m0/s1. The number of nitrogens with zero attached hydrogens (tertiary/aromatic N) is 4. The Kier molecular flexibility index (Phi) is 8.29. The fourth-order valence-electron chi connectivity index (χ4n) is 5.28. The lowest BCUT2D eigenvalue weighted by molar-refractivity contribution is -0.158. The van der Waals surface area contributed by atoms with Gasteiger partial charge in [0, 0.05) is 56.1 Å². The molecule has 9 heteroatoms. The number of aromatic nitrogens is 2. The molecular formula is C27H39ClN4O4. The highest BCUT2D eigenvalue weighted by Gasteiger charge is 2.41. The summed E-state index contributed by atoms with van der Waals surface area (Å²) in [7, 11) is 1.97. The molecule has 2 aromatic rings. The maximum atomic E-state index is 13.4. The van der Waals surface area contributed by atoms with Gasteiger partial charge in [-0.15, -0.1) is 0 Å². The van der Waals surface area contributed by atoms with Crippen LogP contribution in [0.2, 0.25) is 5.02 Å². The number of ether oxygens (including phenoxy) is 2. The van der Waals surface area contributed by atoms with Gasteiger partial charge >= 0.3 is 0 Å². The topological polar surface area (TPSA) is 80.1 Å². The van der Waals surface area contributed by atoms with Gasteiger partial charge in [0.1, 0.15) is 18.0 Å². The summed E-state index contributed by atoms with van der Waals surface area (Å²) < 4.78 is 14.6. The largest absolute Gasteiger partial charge is 0.490 e. The van der Waals surface area contributed by atoms with Gasteiger partial charge in [-0.25, -0.2) is 0 Å². The van der Waals surface area contributed by atoms with Crippen molar-refractivity contribution in [3.05, 3.63) is 45.2 Å². The van der Waals surface area contributed by atoms with Crippen LogP contribution in [0.4, 0.5) is 0 Å². The van der Waals surface area contributed by atoms with Crippen LogP contribution in [0.1, 0.15) is 47.3 Å². The van der Waals surface area contributed by atoms with Gasteiger partial charge in [0.05, 0.1) is 24.8 Å². The predicted octanol–water partition coefficient (Wildman–Crippen LogP) is 3.33. The molecule has 0 saturated carbocycles. The summed E-state index contributed by atoms with van der Waals surface area (Å²) in [5.74, 6) is 0.770. The van der Waals surface area contributed by atoms with Crippen molar-refractivity contribution in [3.63, 3.8) is 0 Å². The molecule has 2 aliphatic rings. The van der Waals surface area contributed by atoms with Gasteiger partial charge in [-0.05, 0) is 63.8 Å². The molecule has 0 bridgehead atoms. The first-order chi connectivity index (χ1) is 17.1. The van der Waals surface area contributed by atoms with Gasteiger partial charge in [0.15, 0.2) is 0 Å². The van der Waals surface area contributed by atoms with Crippen LogP contribution in [0, 0.1) is 27.7 Å². The van der Waals surface area contributed by atoms with Crippen molar-refractivity contribution in [1.29, 1.82) is 0 Å². The lowest BCUT2D eigenvalue weighted by Gasteiger charge is -2.43. The number of hydrogen-bond acceptors (Lipinski definition) is 6. The second-order valence-electron chi connectivity index (χ2n) is 10.5. The molecule has 1 aromatic heterocycles. The summed E-state index contributed by atoms with van der Waals surface area (Å²) in [5, 5.41) is 15.2. The Morgan fingerprint density at radius 3 is 2.47 bits per heavy atom. The van der Waals surface area contributed by atoms with Crippen molar-refractivity contribution in [2.45, 2.75) is 65.2 Å². The van der Waals surface area contributed by atoms with Gasteiger partial charge < -0.3 is 19.5 Å². The third-order valence-corrected chi connectivity index (χ3v) is 8.17. The first-order valence-corrected chi connectivity index (χ1v) is 13.2. The Morgan fingerprint density at radius 2 is 1.86 bits per heavy atom. The minimum atomic E-state index is -0.781. The van der Waals surface area contributed by atoms with Crippen LogP contribution in [-0.2, 0) is 23.1 Å². The molecule has 2 aliphatic heterocycles. The smallest absolute Gasteiger partial charge is 0.225 e. The summed E-state index contributed by atoms with van der Waals surface area (Å²) in [6.07, 6.45) is 1.14. The third kappa shape index (κ3) is 6.05. The molecule has 1 atom stereocenters. The minimum absolute atomic E-state index is 0.0459. The van der Waals surface area contributed by atoms with Crippen molar-refractivity contribution < 1.29 is 19.4 Å². The Morgan fingerprint density at radius 1 is 1.19 bits per heavy atom. The molecule has 8 nitrogen and oxygen atoms in total. The average molecular weight is 519 g/mol. The fourth-order valence-corrected chi connectivity index (χ4v) is 5.39. The number of amides is 1. The summed E-state index contributed by atoms with van der Waals surface area (Å²) >= 11 is 6.35. The molecule has 0 aliphatic carbocycles. The Balaban J connectivity index is 1.54. The Bertz CT molecular complexity index is 1070. The van der Waals surface area contributed by atoms with Gasteiger partial charge in [-0.1, -0.05) is 11.6 Å². The van der Waals surface area contributed by atoms with Crippen LogP contribution in [0.25, 0.3) is 0 Å². The second-order valence-corrected chi connectivity index (χ2v) is 10.8.